The zero-order valence-corrected chi connectivity index (χ0v) is 9.05. The van der Waals surface area contributed by atoms with Gasteiger partial charge in [0.1, 0.15) is 0 Å². The summed E-state index contributed by atoms with van der Waals surface area (Å²) in [6.45, 7) is 0. The van der Waals surface area contributed by atoms with Gasteiger partial charge in [0.2, 0.25) is 3.79 Å². The van der Waals surface area contributed by atoms with Crippen LogP contribution in [0.15, 0.2) is 23.1 Å². The number of nitrogen functional groups attached to an aromatic ring is 1. The Balaban J connectivity index is 0.00000144. The monoisotopic (exact) mass is 265 g/mol. The molecule has 1 nitrogen and oxygen atoms in total. The van der Waals surface area contributed by atoms with Gasteiger partial charge in [0.25, 0.3) is 0 Å². The van der Waals surface area contributed by atoms with Crippen LogP contribution >= 0.6 is 47.4 Å². The minimum atomic E-state index is -1.42. The third kappa shape index (κ3) is 4.08. The second kappa shape index (κ2) is 5.36. The van der Waals surface area contributed by atoms with E-state index in [0.29, 0.717) is 16.1 Å². The molecule has 1 aromatic carbocycles. The van der Waals surface area contributed by atoms with Gasteiger partial charge in [-0.1, -0.05) is 40.9 Å². The van der Waals surface area contributed by atoms with E-state index in [0.717, 1.165) is 0 Å². The topological polar surface area (TPSA) is 26.0 Å². The van der Waals surface area contributed by atoms with Crippen LogP contribution in [0, 0.1) is 0 Å². The van der Waals surface area contributed by atoms with Crippen molar-refractivity contribution in [1.29, 1.82) is 0 Å². The molecule has 0 aromatic heterocycles. The SMILES string of the molecule is Nc1cc(C(Cl)(Cl)Cl)ccc1S.[NaH]. The van der Waals surface area contributed by atoms with Crippen molar-refractivity contribution in [3.05, 3.63) is 23.8 Å². The Morgan fingerprint density at radius 2 is 1.77 bits per heavy atom. The molecule has 0 aliphatic rings. The van der Waals surface area contributed by atoms with Crippen molar-refractivity contribution in [2.24, 2.45) is 0 Å². The Morgan fingerprint density at radius 1 is 1.23 bits per heavy atom. The third-order valence-electron chi connectivity index (χ3n) is 1.35. The van der Waals surface area contributed by atoms with Gasteiger partial charge in [0.05, 0.1) is 0 Å². The summed E-state index contributed by atoms with van der Waals surface area (Å²) < 4.78 is -1.42. The van der Waals surface area contributed by atoms with Gasteiger partial charge < -0.3 is 5.73 Å². The molecule has 0 bridgehead atoms. The van der Waals surface area contributed by atoms with Crippen LogP contribution in [0.2, 0.25) is 0 Å². The third-order valence-corrected chi connectivity index (χ3v) is 2.42. The summed E-state index contributed by atoms with van der Waals surface area (Å²) in [7, 11) is 0. The maximum atomic E-state index is 5.63. The molecule has 0 unspecified atom stereocenters. The van der Waals surface area contributed by atoms with E-state index < -0.39 is 3.79 Å². The average molecular weight is 267 g/mol. The standard InChI is InChI=1S/C7H6Cl3NS.Na.H/c8-7(9,10)4-1-2-6(12)5(11)3-4;;/h1-3,12H,11H2;;. The summed E-state index contributed by atoms with van der Waals surface area (Å²) >= 11 is 21.0. The molecule has 0 radical (unpaired) electrons. The fourth-order valence-electron chi connectivity index (χ4n) is 0.731. The van der Waals surface area contributed by atoms with E-state index in [-0.39, 0.29) is 29.6 Å². The fourth-order valence-corrected chi connectivity index (χ4v) is 1.22. The van der Waals surface area contributed by atoms with Crippen LogP contribution in [0.1, 0.15) is 5.56 Å². The summed E-state index contributed by atoms with van der Waals surface area (Å²) in [6.07, 6.45) is 0. The van der Waals surface area contributed by atoms with Crippen LogP contribution in [-0.4, -0.2) is 29.6 Å². The molecule has 6 heteroatoms. The van der Waals surface area contributed by atoms with E-state index in [1.807, 2.05) is 0 Å². The number of nitrogens with two attached hydrogens (primary N) is 1. The van der Waals surface area contributed by atoms with E-state index >= 15 is 0 Å². The van der Waals surface area contributed by atoms with Crippen molar-refractivity contribution in [2.75, 3.05) is 5.73 Å². The van der Waals surface area contributed by atoms with E-state index in [2.05, 4.69) is 12.6 Å². The van der Waals surface area contributed by atoms with Crippen LogP contribution in [0.4, 0.5) is 5.69 Å². The first-order chi connectivity index (χ1) is 5.41. The number of alkyl halides is 3. The molecule has 0 amide bonds. The number of hydrogen-bond donors (Lipinski definition) is 2. The first kappa shape index (κ1) is 14.2. The van der Waals surface area contributed by atoms with Gasteiger partial charge in [-0.2, -0.15) is 0 Å². The van der Waals surface area contributed by atoms with E-state index in [4.69, 9.17) is 40.5 Å². The second-order valence-electron chi connectivity index (χ2n) is 2.27. The van der Waals surface area contributed by atoms with Gasteiger partial charge in [-0.3, -0.25) is 0 Å². The number of benzene rings is 1. The van der Waals surface area contributed by atoms with Gasteiger partial charge in [0.15, 0.2) is 0 Å². The van der Waals surface area contributed by atoms with E-state index in [1.165, 1.54) is 0 Å². The van der Waals surface area contributed by atoms with E-state index in [9.17, 15) is 0 Å². The summed E-state index contributed by atoms with van der Waals surface area (Å²) in [6, 6.07) is 4.96. The molecule has 13 heavy (non-hydrogen) atoms. The quantitative estimate of drug-likeness (QED) is 0.321. The Hall–Kier alpha value is 1.24. The number of rotatable bonds is 0. The van der Waals surface area contributed by atoms with Crippen LogP contribution in [0.3, 0.4) is 0 Å². The minimum absolute atomic E-state index is 0. The molecule has 0 atom stereocenters. The summed E-state index contributed by atoms with van der Waals surface area (Å²) in [5.74, 6) is 0. The molecule has 1 rings (SSSR count). The van der Waals surface area contributed by atoms with Gasteiger partial charge in [0, 0.05) is 16.1 Å². The predicted molar refractivity (Wildman–Crippen MR) is 64.5 cm³/mol. The van der Waals surface area contributed by atoms with Crippen LogP contribution in [0.25, 0.3) is 0 Å². The molecule has 1 aromatic rings. The van der Waals surface area contributed by atoms with Crippen molar-refractivity contribution in [1.82, 2.24) is 0 Å². The molecule has 0 heterocycles. The Bertz CT molecular complexity index is 300. The van der Waals surface area contributed by atoms with Gasteiger partial charge in [-0.05, 0) is 12.1 Å². The van der Waals surface area contributed by atoms with Crippen molar-refractivity contribution in [2.45, 2.75) is 8.69 Å². The Labute approximate surface area is 120 Å². The number of hydrogen-bond acceptors (Lipinski definition) is 2. The van der Waals surface area contributed by atoms with Crippen molar-refractivity contribution < 1.29 is 0 Å². The Kier molecular flexibility index (Phi) is 5.87. The first-order valence-electron chi connectivity index (χ1n) is 3.07. The average Bonchev–Trinajstić information content (AvgIpc) is 1.92. The molecule has 0 saturated carbocycles. The predicted octanol–water partition coefficient (Wildman–Crippen LogP) is 2.74. The van der Waals surface area contributed by atoms with Gasteiger partial charge in [-0.25, -0.2) is 0 Å². The molecule has 0 spiro atoms. The maximum absolute atomic E-state index is 5.63. The second-order valence-corrected chi connectivity index (χ2v) is 5.03. The number of anilines is 1. The molecule has 0 fully saturated rings. The van der Waals surface area contributed by atoms with Crippen LogP contribution in [0.5, 0.6) is 0 Å². The van der Waals surface area contributed by atoms with E-state index in [1.54, 1.807) is 18.2 Å². The zero-order valence-electron chi connectivity index (χ0n) is 5.89. The van der Waals surface area contributed by atoms with Crippen molar-refractivity contribution in [3.8, 4) is 0 Å². The molecule has 0 aliphatic carbocycles. The Morgan fingerprint density at radius 3 is 2.15 bits per heavy atom. The van der Waals surface area contributed by atoms with Crippen LogP contribution < -0.4 is 5.73 Å². The first-order valence-corrected chi connectivity index (χ1v) is 4.65. The summed E-state index contributed by atoms with van der Waals surface area (Å²) in [5, 5.41) is 0. The molecule has 0 saturated heterocycles. The zero-order chi connectivity index (χ0) is 9.35. The number of halogens is 3. The molecular weight excluding hydrogens is 260 g/mol. The molecule has 0 aliphatic heterocycles. The summed E-state index contributed by atoms with van der Waals surface area (Å²) in [4.78, 5) is 0.674. The normalized spacial score (nSPS) is 10.8. The number of thiol groups is 1. The summed E-state index contributed by atoms with van der Waals surface area (Å²) in [5.41, 5.74) is 6.61. The van der Waals surface area contributed by atoms with Gasteiger partial charge in [-0.15, -0.1) is 12.6 Å². The van der Waals surface area contributed by atoms with Gasteiger partial charge >= 0.3 is 29.6 Å². The molecular formula is C7H7Cl3NNaS. The van der Waals surface area contributed by atoms with Crippen molar-refractivity contribution in [3.63, 3.8) is 0 Å². The fraction of sp³-hybridized carbons (Fsp3) is 0.143. The molecule has 2 N–H and O–H groups in total. The van der Waals surface area contributed by atoms with Crippen LogP contribution in [-0.2, 0) is 3.79 Å². The van der Waals surface area contributed by atoms with Crippen molar-refractivity contribution >= 4 is 82.7 Å². The molecule has 68 valence electrons.